The molecule has 2 aromatic carbocycles. The van der Waals surface area contributed by atoms with Crippen molar-refractivity contribution in [1.29, 1.82) is 0 Å². The second-order valence-corrected chi connectivity index (χ2v) is 11.4. The van der Waals surface area contributed by atoms with E-state index in [4.69, 9.17) is 4.98 Å². The summed E-state index contributed by atoms with van der Waals surface area (Å²) in [5.41, 5.74) is 10.1. The van der Waals surface area contributed by atoms with Crippen LogP contribution in [0.25, 0.3) is 33.3 Å². The zero-order valence-corrected chi connectivity index (χ0v) is 23.2. The van der Waals surface area contributed by atoms with Gasteiger partial charge in [0.25, 0.3) is 5.91 Å². The van der Waals surface area contributed by atoms with E-state index in [-0.39, 0.29) is 5.91 Å². The van der Waals surface area contributed by atoms with Gasteiger partial charge in [0, 0.05) is 79.4 Å². The zero-order valence-electron chi connectivity index (χ0n) is 23.2. The minimum Gasteiger partial charge on any atom is -0.392 e. The van der Waals surface area contributed by atoms with Gasteiger partial charge in [0.15, 0.2) is 0 Å². The Kier molecular flexibility index (Phi) is 6.65. The highest BCUT2D eigenvalue weighted by Gasteiger charge is 2.31. The van der Waals surface area contributed by atoms with Crippen molar-refractivity contribution in [3.05, 3.63) is 71.5 Å². The predicted octanol–water partition coefficient (Wildman–Crippen LogP) is 4.72. The number of hydrogen-bond acceptors (Lipinski definition) is 5. The van der Waals surface area contributed by atoms with Crippen LogP contribution in [0.2, 0.25) is 0 Å². The first-order valence-electron chi connectivity index (χ1n) is 13.9. The molecule has 0 radical (unpaired) electrons. The van der Waals surface area contributed by atoms with Gasteiger partial charge in [-0.05, 0) is 86.3 Å². The summed E-state index contributed by atoms with van der Waals surface area (Å²) in [5, 5.41) is 10.7. The number of aliphatic hydroxyl groups excluding tert-OH is 1. The first-order chi connectivity index (χ1) is 18.8. The van der Waals surface area contributed by atoms with Crippen LogP contribution in [0, 0.1) is 6.92 Å². The molecule has 1 fully saturated rings. The number of carbonyl (C=O) groups excluding carboxylic acids is 1. The van der Waals surface area contributed by atoms with Crippen molar-refractivity contribution in [3.63, 3.8) is 0 Å². The number of nitrogens with zero attached hydrogens (tertiary/aromatic N) is 4. The first kappa shape index (κ1) is 25.6. The van der Waals surface area contributed by atoms with Crippen molar-refractivity contribution >= 4 is 22.6 Å². The van der Waals surface area contributed by atoms with Crippen LogP contribution in [0.5, 0.6) is 0 Å². The van der Waals surface area contributed by atoms with Gasteiger partial charge in [0.05, 0.1) is 6.10 Å². The molecule has 0 spiro atoms. The summed E-state index contributed by atoms with van der Waals surface area (Å²) in [5.74, 6) is -0.101. The van der Waals surface area contributed by atoms with Gasteiger partial charge in [0.1, 0.15) is 5.65 Å². The Morgan fingerprint density at radius 1 is 1.15 bits per heavy atom. The average Bonchev–Trinajstić information content (AvgIpc) is 3.35. The minimum atomic E-state index is -0.561. The van der Waals surface area contributed by atoms with E-state index in [9.17, 15) is 9.90 Å². The molecule has 4 heterocycles. The summed E-state index contributed by atoms with van der Waals surface area (Å²) in [4.78, 5) is 27.4. The maximum Gasteiger partial charge on any atom is 0.253 e. The van der Waals surface area contributed by atoms with Crippen LogP contribution in [0.1, 0.15) is 34.8 Å². The highest BCUT2D eigenvalue weighted by molar-refractivity contribution is 5.98. The largest absolute Gasteiger partial charge is 0.392 e. The van der Waals surface area contributed by atoms with Crippen molar-refractivity contribution in [1.82, 2.24) is 19.8 Å². The number of aliphatic hydroxyl groups is 1. The standard InChI is InChI=1S/C32H37N5O2/c1-20-13-25(14-24-9-10-27-19-35(3)11-12-37(27)30(20)24)26-15-28-29(17-34-31(28)33-16-26)22-5-7-23(8-6-22)32(39)36(4)18-21(2)38/h5-8,13-17,21,27,38H,9-12,18-19H2,1-4H3,(H,33,34)/t21-,27-/m1/s1. The number of aromatic nitrogens is 2. The molecule has 0 unspecified atom stereocenters. The molecule has 1 saturated heterocycles. The van der Waals surface area contributed by atoms with Gasteiger partial charge in [-0.25, -0.2) is 4.98 Å². The number of amides is 1. The minimum absolute atomic E-state index is 0.101. The lowest BCUT2D eigenvalue weighted by molar-refractivity contribution is 0.0703. The monoisotopic (exact) mass is 523 g/mol. The molecule has 2 atom stereocenters. The van der Waals surface area contributed by atoms with E-state index in [1.54, 1.807) is 18.9 Å². The first-order valence-corrected chi connectivity index (χ1v) is 13.9. The van der Waals surface area contributed by atoms with Crippen LogP contribution < -0.4 is 4.90 Å². The van der Waals surface area contributed by atoms with E-state index in [1.807, 2.05) is 36.7 Å². The summed E-state index contributed by atoms with van der Waals surface area (Å²) in [6.45, 7) is 7.58. The second-order valence-electron chi connectivity index (χ2n) is 11.4. The summed E-state index contributed by atoms with van der Waals surface area (Å²) >= 11 is 0. The number of H-pyrrole nitrogens is 1. The summed E-state index contributed by atoms with van der Waals surface area (Å²) < 4.78 is 0. The highest BCUT2D eigenvalue weighted by Crippen LogP contribution is 2.39. The highest BCUT2D eigenvalue weighted by atomic mass is 16.3. The second kappa shape index (κ2) is 10.1. The molecule has 7 nitrogen and oxygen atoms in total. The number of aromatic amines is 1. The Morgan fingerprint density at radius 3 is 2.72 bits per heavy atom. The fourth-order valence-electron chi connectivity index (χ4n) is 6.39. The van der Waals surface area contributed by atoms with E-state index in [1.165, 1.54) is 28.8 Å². The smallest absolute Gasteiger partial charge is 0.253 e. The van der Waals surface area contributed by atoms with Crippen LogP contribution >= 0.6 is 0 Å². The van der Waals surface area contributed by atoms with Gasteiger partial charge < -0.3 is 24.8 Å². The SMILES string of the molecule is Cc1cc(-c2cnc3[nH]cc(-c4ccc(C(=O)N(C)C[C@@H](C)O)cc4)c3c2)cc2c1N1CCN(C)C[C@H]1CC2. The molecule has 2 aromatic heterocycles. The Bertz CT molecular complexity index is 1520. The van der Waals surface area contributed by atoms with Gasteiger partial charge in [-0.3, -0.25) is 4.79 Å². The number of benzene rings is 2. The van der Waals surface area contributed by atoms with Gasteiger partial charge in [-0.1, -0.05) is 12.1 Å². The molecule has 202 valence electrons. The molecule has 39 heavy (non-hydrogen) atoms. The summed E-state index contributed by atoms with van der Waals surface area (Å²) in [7, 11) is 3.94. The molecule has 4 aromatic rings. The number of rotatable bonds is 5. The Labute approximate surface area is 230 Å². The Morgan fingerprint density at radius 2 is 1.95 bits per heavy atom. The maximum atomic E-state index is 12.7. The van der Waals surface area contributed by atoms with Crippen LogP contribution in [-0.4, -0.2) is 83.2 Å². The topological polar surface area (TPSA) is 75.7 Å². The molecule has 0 aliphatic carbocycles. The maximum absolute atomic E-state index is 12.7. The van der Waals surface area contributed by atoms with E-state index >= 15 is 0 Å². The third kappa shape index (κ3) is 4.81. The van der Waals surface area contributed by atoms with Gasteiger partial charge in [-0.15, -0.1) is 0 Å². The predicted molar refractivity (Wildman–Crippen MR) is 157 cm³/mol. The molecule has 0 saturated carbocycles. The summed E-state index contributed by atoms with van der Waals surface area (Å²) in [6.07, 6.45) is 5.71. The lowest BCUT2D eigenvalue weighted by Crippen LogP contribution is -2.54. The number of hydrogen-bond donors (Lipinski definition) is 2. The number of carbonyl (C=O) groups is 1. The van der Waals surface area contributed by atoms with Crippen molar-refractivity contribution < 1.29 is 9.90 Å². The van der Waals surface area contributed by atoms with Gasteiger partial charge in [0.2, 0.25) is 0 Å². The van der Waals surface area contributed by atoms with E-state index in [2.05, 4.69) is 47.0 Å². The lowest BCUT2D eigenvalue weighted by Gasteiger charge is -2.46. The molecule has 2 aliphatic heterocycles. The number of piperazine rings is 1. The van der Waals surface area contributed by atoms with Crippen LogP contribution in [0.4, 0.5) is 5.69 Å². The third-order valence-corrected chi connectivity index (χ3v) is 8.29. The quantitative estimate of drug-likeness (QED) is 0.396. The van der Waals surface area contributed by atoms with E-state index in [0.29, 0.717) is 18.2 Å². The molecule has 1 amide bonds. The zero-order chi connectivity index (χ0) is 27.3. The molecule has 0 bridgehead atoms. The van der Waals surface area contributed by atoms with E-state index in [0.717, 1.165) is 53.8 Å². The summed E-state index contributed by atoms with van der Waals surface area (Å²) in [6, 6.07) is 15.2. The number of likely N-dealkylation sites (N-methyl/N-ethyl adjacent to an activating group) is 2. The van der Waals surface area contributed by atoms with Gasteiger partial charge >= 0.3 is 0 Å². The molecule has 2 aliphatic rings. The average molecular weight is 524 g/mol. The molecular weight excluding hydrogens is 486 g/mol. The van der Waals surface area contributed by atoms with Crippen LogP contribution in [0.15, 0.2) is 54.9 Å². The van der Waals surface area contributed by atoms with Crippen LogP contribution in [-0.2, 0) is 6.42 Å². The van der Waals surface area contributed by atoms with Crippen molar-refractivity contribution in [2.75, 3.05) is 45.2 Å². The van der Waals surface area contributed by atoms with Crippen LogP contribution in [0.3, 0.4) is 0 Å². The van der Waals surface area contributed by atoms with Crippen molar-refractivity contribution in [2.45, 2.75) is 38.8 Å². The van der Waals surface area contributed by atoms with Gasteiger partial charge in [-0.2, -0.15) is 0 Å². The lowest BCUT2D eigenvalue weighted by atomic mass is 9.89. The number of nitrogens with one attached hydrogen (secondary N) is 1. The molecule has 6 rings (SSSR count). The number of pyridine rings is 1. The number of aryl methyl sites for hydroxylation is 2. The fourth-order valence-corrected chi connectivity index (χ4v) is 6.39. The fraction of sp³-hybridized carbons (Fsp3) is 0.375. The third-order valence-electron chi connectivity index (χ3n) is 8.29. The van der Waals surface area contributed by atoms with Crippen molar-refractivity contribution in [2.24, 2.45) is 0 Å². The number of fused-ring (bicyclic) bond motifs is 4. The Balaban J connectivity index is 1.30. The number of anilines is 1. The molecule has 7 heteroatoms. The Hall–Kier alpha value is -3.68. The van der Waals surface area contributed by atoms with E-state index < -0.39 is 6.10 Å². The molecule has 2 N–H and O–H groups in total. The molecular formula is C32H37N5O2. The normalized spacial score (nSPS) is 18.1. The van der Waals surface area contributed by atoms with Crippen molar-refractivity contribution in [3.8, 4) is 22.3 Å².